The summed E-state index contributed by atoms with van der Waals surface area (Å²) in [5, 5.41) is 0. The van der Waals surface area contributed by atoms with Gasteiger partial charge in [0.15, 0.2) is 0 Å². The maximum atomic E-state index is 13.3. The van der Waals surface area contributed by atoms with E-state index in [4.69, 9.17) is 9.72 Å². The lowest BCUT2D eigenvalue weighted by Gasteiger charge is -2.36. The number of hydrogen-bond acceptors (Lipinski definition) is 5. The summed E-state index contributed by atoms with van der Waals surface area (Å²) >= 11 is 0. The van der Waals surface area contributed by atoms with Crippen molar-refractivity contribution in [1.82, 2.24) is 19.7 Å². The van der Waals surface area contributed by atoms with Gasteiger partial charge in [-0.25, -0.2) is 0 Å². The number of carbonyl (C=O) groups excluding carboxylic acids is 1. The highest BCUT2D eigenvalue weighted by Crippen LogP contribution is 2.30. The van der Waals surface area contributed by atoms with Crippen LogP contribution in [0.4, 0.5) is 0 Å². The topological polar surface area (TPSA) is 48.9 Å². The summed E-state index contributed by atoms with van der Waals surface area (Å²) in [6.45, 7) is 15.0. The van der Waals surface area contributed by atoms with Crippen molar-refractivity contribution in [1.29, 1.82) is 0 Å². The van der Waals surface area contributed by atoms with Crippen LogP contribution in [0.1, 0.15) is 54.4 Å². The van der Waals surface area contributed by atoms with Crippen LogP contribution >= 0.6 is 0 Å². The van der Waals surface area contributed by atoms with Crippen LogP contribution in [0, 0.1) is 12.8 Å². The zero-order valence-electron chi connectivity index (χ0n) is 18.7. The molecule has 0 spiro atoms. The first-order valence-electron chi connectivity index (χ1n) is 11.2. The molecule has 6 nitrogen and oxygen atoms in total. The Balaban J connectivity index is 1.65. The van der Waals surface area contributed by atoms with Gasteiger partial charge in [0.25, 0.3) is 5.91 Å². The standard InChI is InChI=1S/C23H38N4O2/c1-18(2)17-26-9-7-20(8-10-26)22-21(6-5-19(3)24-22)23(28)27-13-11-25(12-14-27)15-16-29-4/h5-6,18,20H,7-17H2,1-4H3. The first-order valence-corrected chi connectivity index (χ1v) is 11.2. The number of piperidine rings is 1. The third-order valence-corrected chi connectivity index (χ3v) is 6.16. The van der Waals surface area contributed by atoms with E-state index in [2.05, 4.69) is 23.6 Å². The van der Waals surface area contributed by atoms with Crippen molar-refractivity contribution in [3.8, 4) is 0 Å². The van der Waals surface area contributed by atoms with Crippen molar-refractivity contribution in [3.63, 3.8) is 0 Å². The molecule has 2 saturated heterocycles. The van der Waals surface area contributed by atoms with E-state index in [1.807, 2.05) is 24.0 Å². The first kappa shape index (κ1) is 22.2. The molecule has 162 valence electrons. The Morgan fingerprint density at radius 1 is 1.10 bits per heavy atom. The average Bonchev–Trinajstić information content (AvgIpc) is 2.72. The number of amides is 1. The van der Waals surface area contributed by atoms with Gasteiger partial charge in [0.05, 0.1) is 17.9 Å². The van der Waals surface area contributed by atoms with Crippen LogP contribution in [0.2, 0.25) is 0 Å². The molecule has 0 unspecified atom stereocenters. The maximum Gasteiger partial charge on any atom is 0.255 e. The number of rotatable bonds is 7. The average molecular weight is 403 g/mol. The van der Waals surface area contributed by atoms with Gasteiger partial charge in [0.2, 0.25) is 0 Å². The van der Waals surface area contributed by atoms with Gasteiger partial charge in [-0.05, 0) is 50.9 Å². The summed E-state index contributed by atoms with van der Waals surface area (Å²) in [6.07, 6.45) is 2.18. The second-order valence-corrected chi connectivity index (χ2v) is 8.98. The molecule has 0 bridgehead atoms. The summed E-state index contributed by atoms with van der Waals surface area (Å²) in [4.78, 5) is 25.1. The smallest absolute Gasteiger partial charge is 0.255 e. The number of pyridine rings is 1. The number of likely N-dealkylation sites (tertiary alicyclic amines) is 1. The SMILES string of the molecule is COCCN1CCN(C(=O)c2ccc(C)nc2C2CCN(CC(C)C)CC2)CC1. The minimum Gasteiger partial charge on any atom is -0.383 e. The largest absolute Gasteiger partial charge is 0.383 e. The molecule has 1 aromatic heterocycles. The summed E-state index contributed by atoms with van der Waals surface area (Å²) in [5.41, 5.74) is 2.86. The summed E-state index contributed by atoms with van der Waals surface area (Å²) in [5.74, 6) is 1.24. The van der Waals surface area contributed by atoms with E-state index in [0.717, 1.165) is 88.8 Å². The zero-order valence-corrected chi connectivity index (χ0v) is 18.7. The summed E-state index contributed by atoms with van der Waals surface area (Å²) < 4.78 is 5.18. The zero-order chi connectivity index (χ0) is 20.8. The molecule has 3 heterocycles. The van der Waals surface area contributed by atoms with E-state index in [-0.39, 0.29) is 5.91 Å². The molecule has 6 heteroatoms. The van der Waals surface area contributed by atoms with Crippen LogP contribution in [-0.2, 0) is 4.74 Å². The number of methoxy groups -OCH3 is 1. The van der Waals surface area contributed by atoms with Crippen LogP contribution in [0.15, 0.2) is 12.1 Å². The van der Waals surface area contributed by atoms with Gasteiger partial charge in [-0.2, -0.15) is 0 Å². The Labute approximate surface area is 176 Å². The fourth-order valence-electron chi connectivity index (χ4n) is 4.54. The van der Waals surface area contributed by atoms with Gasteiger partial charge >= 0.3 is 0 Å². The van der Waals surface area contributed by atoms with Gasteiger partial charge in [-0.1, -0.05) is 13.8 Å². The van der Waals surface area contributed by atoms with Crippen molar-refractivity contribution >= 4 is 5.91 Å². The predicted molar refractivity (Wildman–Crippen MR) is 116 cm³/mol. The molecule has 0 aromatic carbocycles. The Kier molecular flexibility index (Phi) is 8.04. The van der Waals surface area contributed by atoms with Crippen molar-refractivity contribution in [2.45, 2.75) is 39.5 Å². The third kappa shape index (κ3) is 6.00. The minimum atomic E-state index is 0.156. The van der Waals surface area contributed by atoms with Crippen molar-refractivity contribution in [2.24, 2.45) is 5.92 Å². The molecule has 29 heavy (non-hydrogen) atoms. The highest BCUT2D eigenvalue weighted by molar-refractivity contribution is 5.95. The Bertz CT molecular complexity index is 663. The van der Waals surface area contributed by atoms with Crippen LogP contribution in [0.5, 0.6) is 0 Å². The fraction of sp³-hybridized carbons (Fsp3) is 0.739. The van der Waals surface area contributed by atoms with E-state index in [9.17, 15) is 4.79 Å². The first-order chi connectivity index (χ1) is 14.0. The normalized spacial score (nSPS) is 19.8. The number of ether oxygens (including phenoxy) is 1. The van der Waals surface area contributed by atoms with E-state index >= 15 is 0 Å². The van der Waals surface area contributed by atoms with Gasteiger partial charge < -0.3 is 14.5 Å². The lowest BCUT2D eigenvalue weighted by atomic mass is 9.89. The number of carbonyl (C=O) groups is 1. The lowest BCUT2D eigenvalue weighted by Crippen LogP contribution is -2.49. The number of aromatic nitrogens is 1. The number of nitrogens with zero attached hydrogens (tertiary/aromatic N) is 4. The Morgan fingerprint density at radius 3 is 2.41 bits per heavy atom. The van der Waals surface area contributed by atoms with Crippen molar-refractivity contribution in [2.75, 3.05) is 66.1 Å². The third-order valence-electron chi connectivity index (χ3n) is 6.16. The van der Waals surface area contributed by atoms with E-state index in [0.29, 0.717) is 11.8 Å². The van der Waals surface area contributed by atoms with Gasteiger partial charge in [-0.3, -0.25) is 14.7 Å². The van der Waals surface area contributed by atoms with E-state index < -0.39 is 0 Å². The maximum absolute atomic E-state index is 13.3. The lowest BCUT2D eigenvalue weighted by molar-refractivity contribution is 0.0591. The van der Waals surface area contributed by atoms with Crippen LogP contribution < -0.4 is 0 Å². The minimum absolute atomic E-state index is 0.156. The van der Waals surface area contributed by atoms with Gasteiger partial charge in [0.1, 0.15) is 0 Å². The van der Waals surface area contributed by atoms with Crippen LogP contribution in [-0.4, -0.2) is 91.7 Å². The molecule has 1 aromatic rings. The number of hydrogen-bond donors (Lipinski definition) is 0. The number of aryl methyl sites for hydroxylation is 1. The summed E-state index contributed by atoms with van der Waals surface area (Å²) in [7, 11) is 1.74. The molecular formula is C23H38N4O2. The van der Waals surface area contributed by atoms with Crippen LogP contribution in [0.25, 0.3) is 0 Å². The molecule has 1 amide bonds. The summed E-state index contributed by atoms with van der Waals surface area (Å²) in [6, 6.07) is 4.00. The van der Waals surface area contributed by atoms with Crippen molar-refractivity contribution in [3.05, 3.63) is 29.1 Å². The van der Waals surface area contributed by atoms with Gasteiger partial charge in [0, 0.05) is 58.0 Å². The molecule has 3 rings (SSSR count). The van der Waals surface area contributed by atoms with Gasteiger partial charge in [-0.15, -0.1) is 0 Å². The predicted octanol–water partition coefficient (Wildman–Crippen LogP) is 2.63. The van der Waals surface area contributed by atoms with E-state index in [1.165, 1.54) is 0 Å². The molecule has 2 fully saturated rings. The number of piperazine rings is 1. The molecule has 0 aliphatic carbocycles. The second-order valence-electron chi connectivity index (χ2n) is 8.98. The molecular weight excluding hydrogens is 364 g/mol. The van der Waals surface area contributed by atoms with Crippen molar-refractivity contribution < 1.29 is 9.53 Å². The fourth-order valence-corrected chi connectivity index (χ4v) is 4.54. The molecule has 0 saturated carbocycles. The molecule has 2 aliphatic heterocycles. The second kappa shape index (κ2) is 10.5. The van der Waals surface area contributed by atoms with E-state index in [1.54, 1.807) is 7.11 Å². The molecule has 2 aliphatic rings. The Hall–Kier alpha value is -1.50. The Morgan fingerprint density at radius 2 is 1.79 bits per heavy atom. The molecule has 0 atom stereocenters. The highest BCUT2D eigenvalue weighted by atomic mass is 16.5. The monoisotopic (exact) mass is 402 g/mol. The molecule has 0 radical (unpaired) electrons. The quantitative estimate of drug-likeness (QED) is 0.702. The molecule has 0 N–H and O–H groups in total. The highest BCUT2D eigenvalue weighted by Gasteiger charge is 2.29. The van der Waals surface area contributed by atoms with Crippen LogP contribution in [0.3, 0.4) is 0 Å².